The summed E-state index contributed by atoms with van der Waals surface area (Å²) in [5, 5.41) is 9.75. The molecular weight excluding hydrogens is 364 g/mol. The fourth-order valence-corrected chi connectivity index (χ4v) is 3.98. The Kier molecular flexibility index (Phi) is 5.12. The van der Waals surface area contributed by atoms with Gasteiger partial charge in [0, 0.05) is 37.0 Å². The molecule has 1 aromatic heterocycles. The number of amides is 1. The van der Waals surface area contributed by atoms with Gasteiger partial charge >= 0.3 is 5.97 Å². The van der Waals surface area contributed by atoms with Gasteiger partial charge in [-0.2, -0.15) is 0 Å². The molecule has 1 saturated heterocycles. The molecule has 1 unspecified atom stereocenters. The van der Waals surface area contributed by atoms with Crippen molar-refractivity contribution in [3.05, 3.63) is 89.2 Å². The molecule has 1 N–H and O–H groups in total. The number of carbonyl (C=O) groups is 2. The van der Waals surface area contributed by atoms with E-state index >= 15 is 0 Å². The summed E-state index contributed by atoms with van der Waals surface area (Å²) in [6.07, 6.45) is 4.47. The van der Waals surface area contributed by atoms with Gasteiger partial charge in [0.15, 0.2) is 0 Å². The van der Waals surface area contributed by atoms with Crippen LogP contribution in [-0.4, -0.2) is 40.0 Å². The smallest absolute Gasteiger partial charge is 0.336 e. The van der Waals surface area contributed by atoms with Gasteiger partial charge in [-0.05, 0) is 53.8 Å². The lowest BCUT2D eigenvalue weighted by Crippen LogP contribution is -2.28. The Bertz CT molecular complexity index is 1060. The molecule has 1 aliphatic heterocycles. The SMILES string of the molecule is Cc1ccccc1-c1ccc(C(=O)N2CCC(c3cccnc3)C2)cc1C(=O)O. The van der Waals surface area contributed by atoms with Crippen molar-refractivity contribution in [1.29, 1.82) is 0 Å². The van der Waals surface area contributed by atoms with E-state index in [1.807, 2.05) is 49.5 Å². The first-order valence-electron chi connectivity index (χ1n) is 9.67. The lowest BCUT2D eigenvalue weighted by atomic mass is 9.94. The highest BCUT2D eigenvalue weighted by Crippen LogP contribution is 2.30. The Morgan fingerprint density at radius 2 is 1.90 bits per heavy atom. The van der Waals surface area contributed by atoms with Crippen LogP contribution in [0.25, 0.3) is 11.1 Å². The van der Waals surface area contributed by atoms with Gasteiger partial charge in [0.05, 0.1) is 5.56 Å². The molecule has 1 atom stereocenters. The van der Waals surface area contributed by atoms with Gasteiger partial charge in [-0.25, -0.2) is 4.79 Å². The number of aryl methyl sites for hydroxylation is 1. The Labute approximate surface area is 169 Å². The molecule has 1 fully saturated rings. The molecule has 146 valence electrons. The summed E-state index contributed by atoms with van der Waals surface area (Å²) < 4.78 is 0. The lowest BCUT2D eigenvalue weighted by molar-refractivity contribution is 0.0697. The number of aromatic carboxylic acids is 1. The summed E-state index contributed by atoms with van der Waals surface area (Å²) in [6.45, 7) is 3.22. The largest absolute Gasteiger partial charge is 0.478 e. The van der Waals surface area contributed by atoms with Crippen LogP contribution in [0.5, 0.6) is 0 Å². The highest BCUT2D eigenvalue weighted by molar-refractivity contribution is 6.01. The molecule has 0 aliphatic carbocycles. The number of benzene rings is 2. The molecule has 0 saturated carbocycles. The van der Waals surface area contributed by atoms with Crippen molar-refractivity contribution in [2.45, 2.75) is 19.3 Å². The van der Waals surface area contributed by atoms with E-state index in [2.05, 4.69) is 4.98 Å². The maximum atomic E-state index is 13.0. The molecular formula is C24H22N2O3. The number of hydrogen-bond acceptors (Lipinski definition) is 3. The van der Waals surface area contributed by atoms with Gasteiger partial charge in [0.25, 0.3) is 5.91 Å². The number of aromatic nitrogens is 1. The van der Waals surface area contributed by atoms with E-state index in [0.29, 0.717) is 24.2 Å². The van der Waals surface area contributed by atoms with Crippen molar-refractivity contribution in [2.75, 3.05) is 13.1 Å². The minimum atomic E-state index is -1.03. The van der Waals surface area contributed by atoms with Crippen LogP contribution in [0.4, 0.5) is 0 Å². The summed E-state index contributed by atoms with van der Waals surface area (Å²) in [4.78, 5) is 30.9. The van der Waals surface area contributed by atoms with Gasteiger partial charge < -0.3 is 10.0 Å². The van der Waals surface area contributed by atoms with Crippen molar-refractivity contribution < 1.29 is 14.7 Å². The fraction of sp³-hybridized carbons (Fsp3) is 0.208. The molecule has 0 bridgehead atoms. The zero-order valence-corrected chi connectivity index (χ0v) is 16.2. The summed E-state index contributed by atoms with van der Waals surface area (Å²) in [5.41, 5.74) is 4.17. The summed E-state index contributed by atoms with van der Waals surface area (Å²) in [6, 6.07) is 16.6. The second-order valence-electron chi connectivity index (χ2n) is 7.40. The van der Waals surface area contributed by atoms with E-state index in [9.17, 15) is 14.7 Å². The Balaban J connectivity index is 1.61. The van der Waals surface area contributed by atoms with Crippen LogP contribution in [-0.2, 0) is 0 Å². The van der Waals surface area contributed by atoms with E-state index in [-0.39, 0.29) is 17.4 Å². The van der Waals surface area contributed by atoms with Crippen LogP contribution in [0.15, 0.2) is 67.0 Å². The van der Waals surface area contributed by atoms with Crippen LogP contribution in [0.3, 0.4) is 0 Å². The van der Waals surface area contributed by atoms with Crippen LogP contribution in [0.1, 0.15) is 44.2 Å². The second kappa shape index (κ2) is 7.87. The Morgan fingerprint density at radius 3 is 2.62 bits per heavy atom. The molecule has 29 heavy (non-hydrogen) atoms. The highest BCUT2D eigenvalue weighted by atomic mass is 16.4. The van der Waals surface area contributed by atoms with E-state index in [0.717, 1.165) is 23.1 Å². The monoisotopic (exact) mass is 386 g/mol. The molecule has 0 spiro atoms. The van der Waals surface area contributed by atoms with Crippen LogP contribution >= 0.6 is 0 Å². The number of carbonyl (C=O) groups excluding carboxylic acids is 1. The first-order chi connectivity index (χ1) is 14.0. The van der Waals surface area contributed by atoms with E-state index in [1.165, 1.54) is 6.07 Å². The van der Waals surface area contributed by atoms with Crippen LogP contribution in [0.2, 0.25) is 0 Å². The predicted octanol–water partition coefficient (Wildman–Crippen LogP) is 4.38. The molecule has 1 amide bonds. The Hall–Kier alpha value is -3.47. The highest BCUT2D eigenvalue weighted by Gasteiger charge is 2.29. The van der Waals surface area contributed by atoms with Gasteiger partial charge in [0.2, 0.25) is 0 Å². The zero-order valence-electron chi connectivity index (χ0n) is 16.2. The maximum absolute atomic E-state index is 13.0. The van der Waals surface area contributed by atoms with Crippen molar-refractivity contribution in [3.8, 4) is 11.1 Å². The molecule has 5 nitrogen and oxygen atoms in total. The number of carboxylic acid groups (broad SMARTS) is 1. The third-order valence-electron chi connectivity index (χ3n) is 5.56. The summed E-state index contributed by atoms with van der Waals surface area (Å²) in [7, 11) is 0. The predicted molar refractivity (Wildman–Crippen MR) is 111 cm³/mol. The third kappa shape index (κ3) is 3.76. The molecule has 3 aromatic rings. The zero-order chi connectivity index (χ0) is 20.4. The van der Waals surface area contributed by atoms with E-state index in [4.69, 9.17) is 0 Å². The summed E-state index contributed by atoms with van der Waals surface area (Å²) in [5.74, 6) is -0.902. The van der Waals surface area contributed by atoms with E-state index < -0.39 is 5.97 Å². The number of nitrogens with zero attached hydrogens (tertiary/aromatic N) is 2. The van der Waals surface area contributed by atoms with Crippen molar-refractivity contribution in [2.24, 2.45) is 0 Å². The van der Waals surface area contributed by atoms with Crippen molar-refractivity contribution in [3.63, 3.8) is 0 Å². The van der Waals surface area contributed by atoms with Crippen molar-refractivity contribution in [1.82, 2.24) is 9.88 Å². The quantitative estimate of drug-likeness (QED) is 0.722. The second-order valence-corrected chi connectivity index (χ2v) is 7.40. The number of rotatable bonds is 4. The average molecular weight is 386 g/mol. The Morgan fingerprint density at radius 1 is 1.07 bits per heavy atom. The number of likely N-dealkylation sites (tertiary alicyclic amines) is 1. The minimum absolute atomic E-state index is 0.129. The standard InChI is InChI=1S/C24H22N2O3/c1-16-5-2-3-7-20(16)21-9-8-17(13-22(21)24(28)29)23(27)26-12-10-19(15-26)18-6-4-11-25-14-18/h2-9,11,13-14,19H,10,12,15H2,1H3,(H,28,29). The summed E-state index contributed by atoms with van der Waals surface area (Å²) >= 11 is 0. The third-order valence-corrected chi connectivity index (χ3v) is 5.56. The normalized spacial score (nSPS) is 16.0. The number of hydrogen-bond donors (Lipinski definition) is 1. The maximum Gasteiger partial charge on any atom is 0.336 e. The minimum Gasteiger partial charge on any atom is -0.478 e. The first-order valence-corrected chi connectivity index (χ1v) is 9.67. The molecule has 0 radical (unpaired) electrons. The van der Waals surface area contributed by atoms with Crippen LogP contribution < -0.4 is 0 Å². The number of carboxylic acids is 1. The molecule has 2 heterocycles. The fourth-order valence-electron chi connectivity index (χ4n) is 3.98. The number of pyridine rings is 1. The molecule has 2 aromatic carbocycles. The molecule has 4 rings (SSSR count). The van der Waals surface area contributed by atoms with Gasteiger partial charge in [-0.15, -0.1) is 0 Å². The van der Waals surface area contributed by atoms with Crippen LogP contribution in [0, 0.1) is 6.92 Å². The van der Waals surface area contributed by atoms with Gasteiger partial charge in [0.1, 0.15) is 0 Å². The molecule has 1 aliphatic rings. The van der Waals surface area contributed by atoms with Gasteiger partial charge in [-0.3, -0.25) is 9.78 Å². The van der Waals surface area contributed by atoms with Gasteiger partial charge in [-0.1, -0.05) is 36.4 Å². The lowest BCUT2D eigenvalue weighted by Gasteiger charge is -2.18. The first kappa shape index (κ1) is 18.9. The van der Waals surface area contributed by atoms with E-state index in [1.54, 1.807) is 23.2 Å². The average Bonchev–Trinajstić information content (AvgIpc) is 3.24. The topological polar surface area (TPSA) is 70.5 Å². The molecule has 5 heteroatoms. The van der Waals surface area contributed by atoms with Crippen molar-refractivity contribution >= 4 is 11.9 Å².